The number of benzene rings is 2. The number of nitrogens with zero attached hydrogens (tertiary/aromatic N) is 2. The minimum Gasteiger partial charge on any atom is -0.497 e. The number of rotatable bonds is 5. The van der Waals surface area contributed by atoms with Crippen LogP contribution >= 0.6 is 0 Å². The number of ether oxygens (including phenoxy) is 2. The summed E-state index contributed by atoms with van der Waals surface area (Å²) in [7, 11) is -1.10. The van der Waals surface area contributed by atoms with E-state index in [1.807, 2.05) is 31.2 Å². The van der Waals surface area contributed by atoms with Gasteiger partial charge in [-0.3, -0.25) is 0 Å². The SMILES string of the molecule is COc1ccc(S(=O)(=O)n2cc(-c3ccc(C)cc3)c(N)n2)c(OC)c1. The summed E-state index contributed by atoms with van der Waals surface area (Å²) in [5.74, 6) is 0.779. The van der Waals surface area contributed by atoms with E-state index in [1.165, 1.54) is 32.5 Å². The highest BCUT2D eigenvalue weighted by Crippen LogP contribution is 2.32. The quantitative estimate of drug-likeness (QED) is 0.739. The summed E-state index contributed by atoms with van der Waals surface area (Å²) in [5, 5.41) is 4.00. The number of anilines is 1. The molecule has 0 bridgehead atoms. The maximum Gasteiger partial charge on any atom is 0.286 e. The van der Waals surface area contributed by atoms with Gasteiger partial charge in [-0.1, -0.05) is 29.8 Å². The van der Waals surface area contributed by atoms with Crippen LogP contribution in [-0.2, 0) is 10.0 Å². The zero-order valence-electron chi connectivity index (χ0n) is 14.6. The van der Waals surface area contributed by atoms with Gasteiger partial charge in [-0.25, -0.2) is 0 Å². The van der Waals surface area contributed by atoms with E-state index in [1.54, 1.807) is 6.07 Å². The summed E-state index contributed by atoms with van der Waals surface area (Å²) in [5.41, 5.74) is 8.38. The Balaban J connectivity index is 2.09. The minimum atomic E-state index is -3.98. The third kappa shape index (κ3) is 3.11. The van der Waals surface area contributed by atoms with E-state index >= 15 is 0 Å². The molecule has 26 heavy (non-hydrogen) atoms. The maximum absolute atomic E-state index is 13.0. The molecule has 2 aromatic carbocycles. The van der Waals surface area contributed by atoms with Crippen molar-refractivity contribution in [3.63, 3.8) is 0 Å². The Bertz CT molecular complexity index is 1040. The molecule has 7 nitrogen and oxygen atoms in total. The average molecular weight is 373 g/mol. The lowest BCUT2D eigenvalue weighted by Gasteiger charge is -2.10. The molecule has 3 aromatic rings. The van der Waals surface area contributed by atoms with E-state index in [4.69, 9.17) is 15.2 Å². The summed E-state index contributed by atoms with van der Waals surface area (Å²) in [6.45, 7) is 1.97. The van der Waals surface area contributed by atoms with E-state index in [2.05, 4.69) is 5.10 Å². The number of hydrogen-bond donors (Lipinski definition) is 1. The van der Waals surface area contributed by atoms with Crippen molar-refractivity contribution in [1.82, 2.24) is 9.19 Å². The molecular weight excluding hydrogens is 354 g/mol. The second-order valence-electron chi connectivity index (χ2n) is 5.69. The average Bonchev–Trinajstić information content (AvgIpc) is 3.04. The zero-order chi connectivity index (χ0) is 18.9. The van der Waals surface area contributed by atoms with Crippen molar-refractivity contribution in [2.75, 3.05) is 20.0 Å². The van der Waals surface area contributed by atoms with Crippen LogP contribution in [0.25, 0.3) is 11.1 Å². The van der Waals surface area contributed by atoms with Gasteiger partial charge < -0.3 is 15.2 Å². The summed E-state index contributed by atoms with van der Waals surface area (Å²) >= 11 is 0. The first-order valence-corrected chi connectivity index (χ1v) is 9.20. The second kappa shape index (κ2) is 6.72. The van der Waals surface area contributed by atoms with Crippen LogP contribution in [0.3, 0.4) is 0 Å². The van der Waals surface area contributed by atoms with Gasteiger partial charge >= 0.3 is 0 Å². The van der Waals surface area contributed by atoms with E-state index < -0.39 is 10.0 Å². The fourth-order valence-corrected chi connectivity index (χ4v) is 3.81. The Hall–Kier alpha value is -3.00. The number of hydrogen-bond acceptors (Lipinski definition) is 6. The molecule has 0 aliphatic carbocycles. The molecule has 136 valence electrons. The molecule has 0 atom stereocenters. The first kappa shape index (κ1) is 17.8. The van der Waals surface area contributed by atoms with Crippen molar-refractivity contribution in [3.05, 3.63) is 54.2 Å². The summed E-state index contributed by atoms with van der Waals surface area (Å²) in [6.07, 6.45) is 1.40. The molecule has 1 aromatic heterocycles. The molecule has 3 rings (SSSR count). The van der Waals surface area contributed by atoms with Crippen molar-refractivity contribution < 1.29 is 17.9 Å². The molecular formula is C18H19N3O4S. The van der Waals surface area contributed by atoms with Crippen molar-refractivity contribution in [3.8, 4) is 22.6 Å². The molecule has 0 aliphatic heterocycles. The number of methoxy groups -OCH3 is 2. The van der Waals surface area contributed by atoms with Gasteiger partial charge in [-0.15, -0.1) is 5.10 Å². The monoisotopic (exact) mass is 373 g/mol. The van der Waals surface area contributed by atoms with Gasteiger partial charge in [0.1, 0.15) is 16.4 Å². The van der Waals surface area contributed by atoms with Crippen LogP contribution in [-0.4, -0.2) is 31.8 Å². The first-order chi connectivity index (χ1) is 12.4. The van der Waals surface area contributed by atoms with E-state index in [-0.39, 0.29) is 16.5 Å². The first-order valence-electron chi connectivity index (χ1n) is 7.76. The molecule has 0 saturated carbocycles. The molecule has 0 saturated heterocycles. The van der Waals surface area contributed by atoms with Crippen LogP contribution in [0.1, 0.15) is 5.56 Å². The largest absolute Gasteiger partial charge is 0.497 e. The van der Waals surface area contributed by atoms with Gasteiger partial charge in [0.25, 0.3) is 10.0 Å². The van der Waals surface area contributed by atoms with Crippen LogP contribution in [0.2, 0.25) is 0 Å². The van der Waals surface area contributed by atoms with Crippen LogP contribution in [0.15, 0.2) is 53.6 Å². The summed E-state index contributed by atoms with van der Waals surface area (Å²) < 4.78 is 37.1. The van der Waals surface area contributed by atoms with Gasteiger partial charge in [0, 0.05) is 11.6 Å². The van der Waals surface area contributed by atoms with Crippen molar-refractivity contribution in [2.24, 2.45) is 0 Å². The second-order valence-corrected chi connectivity index (χ2v) is 7.45. The molecule has 2 N–H and O–H groups in total. The molecule has 8 heteroatoms. The molecule has 1 heterocycles. The predicted octanol–water partition coefficient (Wildman–Crippen LogP) is 2.69. The third-order valence-corrected chi connectivity index (χ3v) is 5.55. The van der Waals surface area contributed by atoms with Gasteiger partial charge in [-0.2, -0.15) is 12.5 Å². The van der Waals surface area contributed by atoms with E-state index in [0.717, 1.165) is 15.2 Å². The topological polar surface area (TPSA) is 96.4 Å². The normalized spacial score (nSPS) is 11.3. The molecule has 0 spiro atoms. The van der Waals surface area contributed by atoms with Gasteiger partial charge in [0.2, 0.25) is 0 Å². The predicted molar refractivity (Wildman–Crippen MR) is 98.9 cm³/mol. The number of nitrogen functional groups attached to an aromatic ring is 1. The third-order valence-electron chi connectivity index (χ3n) is 3.98. The fourth-order valence-electron chi connectivity index (χ4n) is 2.53. The number of aromatic nitrogens is 2. The number of aryl methyl sites for hydroxylation is 1. The Morgan fingerprint density at radius 2 is 1.73 bits per heavy atom. The lowest BCUT2D eigenvalue weighted by Crippen LogP contribution is -2.15. The van der Waals surface area contributed by atoms with Crippen molar-refractivity contribution in [1.29, 1.82) is 0 Å². The molecule has 0 unspecified atom stereocenters. The van der Waals surface area contributed by atoms with E-state index in [0.29, 0.717) is 11.3 Å². The highest BCUT2D eigenvalue weighted by molar-refractivity contribution is 7.90. The van der Waals surface area contributed by atoms with Crippen LogP contribution in [0, 0.1) is 6.92 Å². The molecule has 0 aliphatic rings. The van der Waals surface area contributed by atoms with Crippen molar-refractivity contribution >= 4 is 15.8 Å². The Labute approximate surface area is 152 Å². The number of nitrogens with two attached hydrogens (primary N) is 1. The summed E-state index contributed by atoms with van der Waals surface area (Å²) in [4.78, 5) is -0.0289. The lowest BCUT2D eigenvalue weighted by molar-refractivity contribution is 0.386. The van der Waals surface area contributed by atoms with Crippen LogP contribution in [0.4, 0.5) is 5.82 Å². The van der Waals surface area contributed by atoms with Gasteiger partial charge in [0.15, 0.2) is 5.82 Å². The molecule has 0 fully saturated rings. The minimum absolute atomic E-state index is 0.0289. The van der Waals surface area contributed by atoms with Crippen molar-refractivity contribution in [2.45, 2.75) is 11.8 Å². The molecule has 0 amide bonds. The Morgan fingerprint density at radius 1 is 1.04 bits per heavy atom. The highest BCUT2D eigenvalue weighted by Gasteiger charge is 2.25. The van der Waals surface area contributed by atoms with Crippen LogP contribution < -0.4 is 15.2 Å². The van der Waals surface area contributed by atoms with Gasteiger partial charge in [-0.05, 0) is 24.6 Å². The Morgan fingerprint density at radius 3 is 2.35 bits per heavy atom. The maximum atomic E-state index is 13.0. The smallest absolute Gasteiger partial charge is 0.286 e. The zero-order valence-corrected chi connectivity index (χ0v) is 15.4. The van der Waals surface area contributed by atoms with E-state index in [9.17, 15) is 8.42 Å². The summed E-state index contributed by atoms with van der Waals surface area (Å²) in [6, 6.07) is 12.0. The lowest BCUT2D eigenvalue weighted by atomic mass is 10.1. The molecule has 0 radical (unpaired) electrons. The fraction of sp³-hybridized carbons (Fsp3) is 0.167. The standard InChI is InChI=1S/C18H19N3O4S/c1-12-4-6-13(7-5-12)15-11-21(20-18(15)19)26(22,23)17-9-8-14(24-2)10-16(17)25-3/h4-11H,1-3H3,(H2,19,20). The Kier molecular flexibility index (Phi) is 4.60. The van der Waals surface area contributed by atoms with Crippen LogP contribution in [0.5, 0.6) is 11.5 Å². The highest BCUT2D eigenvalue weighted by atomic mass is 32.2. The van der Waals surface area contributed by atoms with Gasteiger partial charge in [0.05, 0.1) is 20.4 Å².